The molecule has 2 saturated heterocycles. The molecule has 3 nitrogen and oxygen atoms in total. The van der Waals surface area contributed by atoms with Crippen LogP contribution < -0.4 is 0 Å². The number of H-pyrrole nitrogens is 1. The molecule has 0 saturated carbocycles. The molecule has 21 heavy (non-hydrogen) atoms. The van der Waals surface area contributed by atoms with Crippen LogP contribution in [0.1, 0.15) is 24.1 Å². The number of para-hydroxylation sites is 1. The zero-order valence-corrected chi connectivity index (χ0v) is 13.3. The minimum absolute atomic E-state index is 0.784. The second-order valence-electron chi connectivity index (χ2n) is 6.46. The largest absolute Gasteiger partial charge is 0.356 e. The first kappa shape index (κ1) is 13.6. The van der Waals surface area contributed by atoms with E-state index in [1.54, 1.807) is 0 Å². The van der Waals surface area contributed by atoms with Crippen LogP contribution in [0.4, 0.5) is 0 Å². The van der Waals surface area contributed by atoms with Crippen molar-refractivity contribution in [2.45, 2.75) is 32.4 Å². The molecule has 1 N–H and O–H groups in total. The van der Waals surface area contributed by atoms with Gasteiger partial charge in [0.25, 0.3) is 0 Å². The molecule has 2 aliphatic rings. The monoisotopic (exact) mass is 303 g/mol. The average molecular weight is 304 g/mol. The number of aromatic nitrogens is 1. The van der Waals surface area contributed by atoms with Crippen LogP contribution in [0.25, 0.3) is 10.9 Å². The molecule has 0 amide bonds. The average Bonchev–Trinajstić information content (AvgIpc) is 3.06. The Morgan fingerprint density at radius 1 is 1.29 bits per heavy atom. The van der Waals surface area contributed by atoms with Crippen molar-refractivity contribution in [3.63, 3.8) is 0 Å². The number of piperazine rings is 1. The van der Waals surface area contributed by atoms with Crippen LogP contribution in [0.2, 0.25) is 5.02 Å². The van der Waals surface area contributed by atoms with Gasteiger partial charge in [0.2, 0.25) is 0 Å². The number of benzene rings is 1. The summed E-state index contributed by atoms with van der Waals surface area (Å²) in [7, 11) is 0. The van der Waals surface area contributed by atoms with Gasteiger partial charge in [0, 0.05) is 43.3 Å². The summed E-state index contributed by atoms with van der Waals surface area (Å²) in [6, 6.07) is 6.94. The molecule has 0 unspecified atom stereocenters. The molecule has 1 aromatic carbocycles. The van der Waals surface area contributed by atoms with Gasteiger partial charge >= 0.3 is 0 Å². The Balaban J connectivity index is 1.57. The third-order valence-electron chi connectivity index (χ3n) is 5.20. The summed E-state index contributed by atoms with van der Waals surface area (Å²) < 4.78 is 0. The van der Waals surface area contributed by atoms with Crippen molar-refractivity contribution < 1.29 is 0 Å². The van der Waals surface area contributed by atoms with Crippen molar-refractivity contribution in [3.8, 4) is 0 Å². The smallest absolute Gasteiger partial charge is 0.0648 e. The Morgan fingerprint density at radius 2 is 2.19 bits per heavy atom. The molecule has 0 bridgehead atoms. The lowest BCUT2D eigenvalue weighted by Gasteiger charge is -2.37. The van der Waals surface area contributed by atoms with Crippen molar-refractivity contribution in [3.05, 3.63) is 34.5 Å². The minimum Gasteiger partial charge on any atom is -0.356 e. The van der Waals surface area contributed by atoms with Crippen LogP contribution in [0.5, 0.6) is 0 Å². The van der Waals surface area contributed by atoms with Gasteiger partial charge in [-0.3, -0.25) is 9.80 Å². The number of halogens is 1. The molecule has 3 heterocycles. The van der Waals surface area contributed by atoms with Crippen LogP contribution in [0, 0.1) is 6.92 Å². The molecule has 0 aliphatic carbocycles. The fourth-order valence-electron chi connectivity index (χ4n) is 3.95. The van der Waals surface area contributed by atoms with Crippen LogP contribution in [0.15, 0.2) is 18.2 Å². The molecular weight excluding hydrogens is 282 g/mol. The third kappa shape index (κ3) is 2.37. The molecule has 0 radical (unpaired) electrons. The molecule has 4 rings (SSSR count). The normalized spacial score (nSPS) is 23.8. The molecule has 4 heteroatoms. The highest BCUT2D eigenvalue weighted by molar-refractivity contribution is 6.35. The van der Waals surface area contributed by atoms with E-state index in [9.17, 15) is 0 Å². The summed E-state index contributed by atoms with van der Waals surface area (Å²) in [5.41, 5.74) is 3.76. The van der Waals surface area contributed by atoms with Gasteiger partial charge in [-0.25, -0.2) is 0 Å². The lowest BCUT2D eigenvalue weighted by atomic mass is 10.1. The maximum absolute atomic E-state index is 6.31. The number of nitrogens with zero attached hydrogens (tertiary/aromatic N) is 2. The van der Waals surface area contributed by atoms with Gasteiger partial charge in [0.15, 0.2) is 0 Å². The van der Waals surface area contributed by atoms with Crippen LogP contribution in [0.3, 0.4) is 0 Å². The summed E-state index contributed by atoms with van der Waals surface area (Å²) in [4.78, 5) is 8.81. The van der Waals surface area contributed by atoms with E-state index in [0.29, 0.717) is 0 Å². The van der Waals surface area contributed by atoms with Crippen molar-refractivity contribution >= 4 is 22.5 Å². The van der Waals surface area contributed by atoms with Gasteiger partial charge in [0.05, 0.1) is 10.5 Å². The van der Waals surface area contributed by atoms with E-state index in [2.05, 4.69) is 27.8 Å². The SMILES string of the molecule is Cc1c(CN2CCN3CCC[C@H]3C2)[nH]c2c(Cl)cccc12. The Labute approximate surface area is 130 Å². The van der Waals surface area contributed by atoms with Gasteiger partial charge in [-0.05, 0) is 37.9 Å². The fraction of sp³-hybridized carbons (Fsp3) is 0.529. The van der Waals surface area contributed by atoms with E-state index in [1.165, 1.54) is 55.7 Å². The van der Waals surface area contributed by atoms with Gasteiger partial charge in [-0.2, -0.15) is 0 Å². The van der Waals surface area contributed by atoms with Gasteiger partial charge in [0.1, 0.15) is 0 Å². The van der Waals surface area contributed by atoms with Crippen molar-refractivity contribution in [2.75, 3.05) is 26.2 Å². The Hall–Kier alpha value is -1.03. The summed E-state index contributed by atoms with van der Waals surface area (Å²) >= 11 is 6.31. The quantitative estimate of drug-likeness (QED) is 0.918. The van der Waals surface area contributed by atoms with Crippen molar-refractivity contribution in [1.29, 1.82) is 0 Å². The first-order chi connectivity index (χ1) is 10.2. The number of hydrogen-bond donors (Lipinski definition) is 1. The molecular formula is C17H22ClN3. The summed E-state index contributed by atoms with van der Waals surface area (Å²) in [6.45, 7) is 8.14. The summed E-state index contributed by atoms with van der Waals surface area (Å²) in [5.74, 6) is 0. The number of rotatable bonds is 2. The van der Waals surface area contributed by atoms with Gasteiger partial charge in [-0.1, -0.05) is 23.7 Å². The predicted molar refractivity (Wildman–Crippen MR) is 87.9 cm³/mol. The zero-order valence-electron chi connectivity index (χ0n) is 12.5. The van der Waals surface area contributed by atoms with Crippen molar-refractivity contribution in [2.24, 2.45) is 0 Å². The Kier molecular flexibility index (Phi) is 3.44. The molecule has 1 aromatic heterocycles. The highest BCUT2D eigenvalue weighted by Crippen LogP contribution is 2.29. The third-order valence-corrected chi connectivity index (χ3v) is 5.51. The second-order valence-corrected chi connectivity index (χ2v) is 6.87. The standard InChI is InChI=1S/C17H22ClN3/c1-12-14-5-2-6-15(18)17(14)19-16(12)11-20-8-9-21-7-3-4-13(21)10-20/h2,5-6,13,19H,3-4,7-11H2,1H3/t13-/m0/s1. The molecule has 1 atom stereocenters. The van der Waals surface area contributed by atoms with Gasteiger partial charge < -0.3 is 4.98 Å². The fourth-order valence-corrected chi connectivity index (χ4v) is 4.17. The minimum atomic E-state index is 0.784. The van der Waals surface area contributed by atoms with E-state index in [4.69, 9.17) is 11.6 Å². The zero-order chi connectivity index (χ0) is 14.4. The second kappa shape index (κ2) is 5.31. The Bertz CT molecular complexity index is 663. The number of aryl methyl sites for hydroxylation is 1. The molecule has 0 spiro atoms. The van der Waals surface area contributed by atoms with Crippen LogP contribution in [-0.4, -0.2) is 47.0 Å². The van der Waals surface area contributed by atoms with E-state index < -0.39 is 0 Å². The molecule has 112 valence electrons. The first-order valence-electron chi connectivity index (χ1n) is 7.94. The maximum atomic E-state index is 6.31. The summed E-state index contributed by atoms with van der Waals surface area (Å²) in [5, 5.41) is 2.08. The maximum Gasteiger partial charge on any atom is 0.0648 e. The van der Waals surface area contributed by atoms with Crippen LogP contribution >= 0.6 is 11.6 Å². The van der Waals surface area contributed by atoms with Gasteiger partial charge in [-0.15, -0.1) is 0 Å². The lowest BCUT2D eigenvalue weighted by Crippen LogP contribution is -2.49. The molecule has 2 aliphatic heterocycles. The highest BCUT2D eigenvalue weighted by Gasteiger charge is 2.30. The lowest BCUT2D eigenvalue weighted by molar-refractivity contribution is 0.0985. The van der Waals surface area contributed by atoms with E-state index in [0.717, 1.165) is 23.1 Å². The number of aromatic amines is 1. The van der Waals surface area contributed by atoms with E-state index in [1.807, 2.05) is 12.1 Å². The Morgan fingerprint density at radius 3 is 3.05 bits per heavy atom. The predicted octanol–water partition coefficient (Wildman–Crippen LogP) is 3.41. The number of hydrogen-bond acceptors (Lipinski definition) is 2. The number of nitrogens with one attached hydrogen (secondary N) is 1. The summed E-state index contributed by atoms with van der Waals surface area (Å²) in [6.07, 6.45) is 2.74. The van der Waals surface area contributed by atoms with E-state index in [-0.39, 0.29) is 0 Å². The highest BCUT2D eigenvalue weighted by atomic mass is 35.5. The molecule has 2 aromatic rings. The topological polar surface area (TPSA) is 22.3 Å². The van der Waals surface area contributed by atoms with E-state index >= 15 is 0 Å². The first-order valence-corrected chi connectivity index (χ1v) is 8.32. The van der Waals surface area contributed by atoms with Crippen molar-refractivity contribution in [1.82, 2.24) is 14.8 Å². The molecule has 2 fully saturated rings. The number of fused-ring (bicyclic) bond motifs is 2. The van der Waals surface area contributed by atoms with Crippen LogP contribution in [-0.2, 0) is 6.54 Å².